The van der Waals surface area contributed by atoms with Crippen molar-refractivity contribution in [2.45, 2.75) is 45.1 Å². The van der Waals surface area contributed by atoms with Gasteiger partial charge in [-0.15, -0.1) is 12.4 Å². The Hall–Kier alpha value is 0.120. The molecule has 2 atom stereocenters. The number of hydrogen-bond donors (Lipinski definition) is 1. The number of halogens is 1. The van der Waals surface area contributed by atoms with E-state index in [2.05, 4.69) is 5.32 Å². The molecule has 7 heteroatoms. The summed E-state index contributed by atoms with van der Waals surface area (Å²) in [4.78, 5) is 0. The normalized spacial score (nSPS) is 29.9. The maximum absolute atomic E-state index is 12.7. The summed E-state index contributed by atoms with van der Waals surface area (Å²) in [6.45, 7) is 4.99. The van der Waals surface area contributed by atoms with Crippen molar-refractivity contribution in [3.8, 4) is 0 Å². The minimum absolute atomic E-state index is 0. The molecule has 0 aromatic rings. The Labute approximate surface area is 129 Å². The zero-order valence-corrected chi connectivity index (χ0v) is 14.2. The lowest BCUT2D eigenvalue weighted by molar-refractivity contribution is 0.213. The number of nitrogens with zero attached hydrogens (tertiary/aromatic N) is 2. The fraction of sp³-hybridized carbons (Fsp3) is 1.00. The van der Waals surface area contributed by atoms with Crippen LogP contribution in [-0.4, -0.2) is 56.3 Å². The van der Waals surface area contributed by atoms with Crippen LogP contribution in [0.4, 0.5) is 0 Å². The van der Waals surface area contributed by atoms with Gasteiger partial charge >= 0.3 is 0 Å². The van der Waals surface area contributed by atoms with E-state index in [0.717, 1.165) is 38.6 Å². The molecule has 5 nitrogen and oxygen atoms in total. The standard InChI is InChI=1S/C13H27N3O2S.ClH/c1-12-6-3-4-9-16(12)19(17,18)15-8-5-7-13(11-15)10-14-2;/h12-14H,3-11H2,1-2H3;1H. The molecule has 2 aliphatic rings. The second kappa shape index (κ2) is 7.94. The molecule has 0 aromatic carbocycles. The summed E-state index contributed by atoms with van der Waals surface area (Å²) in [7, 11) is -1.32. The smallest absolute Gasteiger partial charge is 0.282 e. The summed E-state index contributed by atoms with van der Waals surface area (Å²) < 4.78 is 28.9. The molecule has 0 spiro atoms. The Morgan fingerprint density at radius 3 is 2.55 bits per heavy atom. The number of hydrogen-bond acceptors (Lipinski definition) is 3. The molecule has 2 rings (SSSR count). The van der Waals surface area contributed by atoms with E-state index in [-0.39, 0.29) is 18.4 Å². The molecular formula is C13H28ClN3O2S. The van der Waals surface area contributed by atoms with Gasteiger partial charge in [-0.3, -0.25) is 0 Å². The van der Waals surface area contributed by atoms with Crippen LogP contribution in [0.5, 0.6) is 0 Å². The van der Waals surface area contributed by atoms with Crippen LogP contribution in [0.15, 0.2) is 0 Å². The molecule has 2 unspecified atom stereocenters. The van der Waals surface area contributed by atoms with Crippen LogP contribution < -0.4 is 5.32 Å². The second-order valence-corrected chi connectivity index (χ2v) is 7.77. The zero-order valence-electron chi connectivity index (χ0n) is 12.5. The van der Waals surface area contributed by atoms with Crippen LogP contribution in [-0.2, 0) is 10.2 Å². The maximum atomic E-state index is 12.7. The van der Waals surface area contributed by atoms with Crippen LogP contribution in [0.3, 0.4) is 0 Å². The van der Waals surface area contributed by atoms with E-state index < -0.39 is 10.2 Å². The van der Waals surface area contributed by atoms with Gasteiger partial charge in [-0.2, -0.15) is 17.0 Å². The van der Waals surface area contributed by atoms with Crippen molar-refractivity contribution in [2.75, 3.05) is 33.2 Å². The van der Waals surface area contributed by atoms with E-state index >= 15 is 0 Å². The maximum Gasteiger partial charge on any atom is 0.282 e. The van der Waals surface area contributed by atoms with Crippen LogP contribution in [0, 0.1) is 5.92 Å². The van der Waals surface area contributed by atoms with Gasteiger partial charge in [0.15, 0.2) is 0 Å². The van der Waals surface area contributed by atoms with E-state index in [1.54, 1.807) is 8.61 Å². The highest BCUT2D eigenvalue weighted by atomic mass is 35.5. The first-order chi connectivity index (χ1) is 9.05. The highest BCUT2D eigenvalue weighted by molar-refractivity contribution is 7.86. The van der Waals surface area contributed by atoms with E-state index in [0.29, 0.717) is 25.6 Å². The van der Waals surface area contributed by atoms with E-state index in [1.165, 1.54) is 0 Å². The van der Waals surface area contributed by atoms with Gasteiger partial charge in [-0.1, -0.05) is 6.42 Å². The molecule has 120 valence electrons. The third-order valence-corrected chi connectivity index (χ3v) is 6.46. The predicted octanol–water partition coefficient (Wildman–Crippen LogP) is 1.46. The Morgan fingerprint density at radius 1 is 1.15 bits per heavy atom. The summed E-state index contributed by atoms with van der Waals surface area (Å²) in [5, 5.41) is 3.16. The average Bonchev–Trinajstić information content (AvgIpc) is 2.40. The van der Waals surface area contributed by atoms with Crippen molar-refractivity contribution >= 4 is 22.6 Å². The van der Waals surface area contributed by atoms with Gasteiger partial charge in [0.05, 0.1) is 0 Å². The lowest BCUT2D eigenvalue weighted by Gasteiger charge is -2.39. The van der Waals surface area contributed by atoms with Crippen LogP contribution in [0.25, 0.3) is 0 Å². The Bertz CT molecular complexity index is 389. The molecule has 1 N–H and O–H groups in total. The van der Waals surface area contributed by atoms with Gasteiger partial charge in [-0.05, 0) is 52.1 Å². The molecule has 0 aliphatic carbocycles. The highest BCUT2D eigenvalue weighted by Crippen LogP contribution is 2.26. The van der Waals surface area contributed by atoms with Gasteiger partial charge in [0.1, 0.15) is 0 Å². The van der Waals surface area contributed by atoms with Crippen LogP contribution >= 0.6 is 12.4 Å². The molecule has 2 fully saturated rings. The lowest BCUT2D eigenvalue weighted by atomic mass is 10.00. The van der Waals surface area contributed by atoms with Gasteiger partial charge in [0, 0.05) is 25.7 Å². The first-order valence-electron chi connectivity index (χ1n) is 7.47. The Kier molecular flexibility index (Phi) is 7.21. The molecular weight excluding hydrogens is 298 g/mol. The molecule has 2 aliphatic heterocycles. The molecule has 0 saturated carbocycles. The first kappa shape index (κ1) is 18.2. The molecule has 2 saturated heterocycles. The van der Waals surface area contributed by atoms with Gasteiger partial charge in [0.25, 0.3) is 10.2 Å². The van der Waals surface area contributed by atoms with E-state index in [4.69, 9.17) is 0 Å². The largest absolute Gasteiger partial charge is 0.319 e. The summed E-state index contributed by atoms with van der Waals surface area (Å²) in [6, 6.07) is 0.156. The van der Waals surface area contributed by atoms with Gasteiger partial charge < -0.3 is 5.32 Å². The van der Waals surface area contributed by atoms with Gasteiger partial charge in [0.2, 0.25) is 0 Å². The first-order valence-corrected chi connectivity index (χ1v) is 8.87. The summed E-state index contributed by atoms with van der Waals surface area (Å²) in [5.41, 5.74) is 0. The molecule has 0 amide bonds. The summed E-state index contributed by atoms with van der Waals surface area (Å²) >= 11 is 0. The quantitative estimate of drug-likeness (QED) is 0.851. The Morgan fingerprint density at radius 2 is 1.90 bits per heavy atom. The summed E-state index contributed by atoms with van der Waals surface area (Å²) in [5.74, 6) is 0.452. The van der Waals surface area contributed by atoms with Crippen molar-refractivity contribution in [3.63, 3.8) is 0 Å². The Balaban J connectivity index is 0.00000200. The average molecular weight is 326 g/mol. The lowest BCUT2D eigenvalue weighted by Crippen LogP contribution is -2.52. The van der Waals surface area contributed by atoms with Crippen molar-refractivity contribution < 1.29 is 8.42 Å². The molecule has 20 heavy (non-hydrogen) atoms. The number of piperidine rings is 2. The molecule has 0 bridgehead atoms. The fourth-order valence-electron chi connectivity index (χ4n) is 3.25. The highest BCUT2D eigenvalue weighted by Gasteiger charge is 2.36. The fourth-order valence-corrected chi connectivity index (χ4v) is 5.23. The second-order valence-electron chi connectivity index (χ2n) is 5.89. The van der Waals surface area contributed by atoms with Crippen molar-refractivity contribution in [1.29, 1.82) is 0 Å². The minimum atomic E-state index is -3.25. The zero-order chi connectivity index (χ0) is 13.9. The predicted molar refractivity (Wildman–Crippen MR) is 84.4 cm³/mol. The van der Waals surface area contributed by atoms with Crippen LogP contribution in [0.2, 0.25) is 0 Å². The van der Waals surface area contributed by atoms with E-state index in [9.17, 15) is 8.42 Å². The third-order valence-electron chi connectivity index (χ3n) is 4.34. The van der Waals surface area contributed by atoms with Gasteiger partial charge in [-0.25, -0.2) is 0 Å². The summed E-state index contributed by atoms with van der Waals surface area (Å²) in [6.07, 6.45) is 5.25. The topological polar surface area (TPSA) is 52.7 Å². The van der Waals surface area contributed by atoms with Crippen LogP contribution in [0.1, 0.15) is 39.0 Å². The molecule has 2 heterocycles. The monoisotopic (exact) mass is 325 g/mol. The molecule has 0 aromatic heterocycles. The minimum Gasteiger partial charge on any atom is -0.319 e. The number of nitrogens with one attached hydrogen (secondary N) is 1. The molecule has 0 radical (unpaired) electrons. The van der Waals surface area contributed by atoms with Crippen molar-refractivity contribution in [1.82, 2.24) is 13.9 Å². The van der Waals surface area contributed by atoms with Crippen molar-refractivity contribution in [3.05, 3.63) is 0 Å². The van der Waals surface area contributed by atoms with E-state index in [1.807, 2.05) is 14.0 Å². The van der Waals surface area contributed by atoms with Crippen molar-refractivity contribution in [2.24, 2.45) is 5.92 Å². The SMILES string of the molecule is CNCC1CCCN(S(=O)(=O)N2CCCCC2C)C1.Cl. The third kappa shape index (κ3) is 4.07. The number of rotatable bonds is 4.